The van der Waals surface area contributed by atoms with Gasteiger partial charge in [-0.15, -0.1) is 0 Å². The van der Waals surface area contributed by atoms with Crippen LogP contribution in [0.5, 0.6) is 0 Å². The number of nitrogens with one attached hydrogen (secondary N) is 1. The molecule has 122 valence electrons. The quantitative estimate of drug-likeness (QED) is 0.796. The number of amides is 1. The Hall–Kier alpha value is -0.520. The molecule has 3 nitrogen and oxygen atoms in total. The Kier molecular flexibility index (Phi) is 5.74. The van der Waals surface area contributed by atoms with Crippen LogP contribution in [0.25, 0.3) is 0 Å². The second-order valence-corrected chi connectivity index (χ2v) is 8.00. The maximum atomic E-state index is 14.3. The second-order valence-electron chi connectivity index (χ2n) is 6.44. The summed E-state index contributed by atoms with van der Waals surface area (Å²) in [5.41, 5.74) is 0. The number of rotatable bonds is 6. The Bertz CT molecular complexity index is 360. The van der Waals surface area contributed by atoms with Crippen molar-refractivity contribution >= 4 is 17.9 Å². The number of hydrogen-bond donors (Lipinski definition) is 1. The van der Waals surface area contributed by atoms with Crippen LogP contribution in [0.3, 0.4) is 0 Å². The fraction of sp³-hybridized carbons (Fsp3) is 0.933. The summed E-state index contributed by atoms with van der Waals surface area (Å²) in [6, 6.07) is -0.552. The van der Waals surface area contributed by atoms with Gasteiger partial charge < -0.3 is 10.1 Å². The van der Waals surface area contributed by atoms with E-state index in [1.807, 2.05) is 13.8 Å². The first kappa shape index (κ1) is 16.8. The van der Waals surface area contributed by atoms with Crippen molar-refractivity contribution in [3.8, 4) is 0 Å². The van der Waals surface area contributed by atoms with Crippen molar-refractivity contribution in [3.63, 3.8) is 0 Å². The molecule has 6 heteroatoms. The van der Waals surface area contributed by atoms with E-state index >= 15 is 0 Å². The molecule has 0 bridgehead atoms. The molecular weight excluding hydrogens is 296 g/mol. The third kappa shape index (κ3) is 4.73. The average molecular weight is 321 g/mol. The molecule has 21 heavy (non-hydrogen) atoms. The van der Waals surface area contributed by atoms with Crippen LogP contribution in [-0.4, -0.2) is 35.2 Å². The molecule has 2 fully saturated rings. The molecule has 1 saturated carbocycles. The molecule has 1 saturated heterocycles. The van der Waals surface area contributed by atoms with Gasteiger partial charge in [-0.25, -0.2) is 13.6 Å². The molecule has 1 N–H and O–H groups in total. The van der Waals surface area contributed by atoms with Crippen LogP contribution in [-0.2, 0) is 4.74 Å². The summed E-state index contributed by atoms with van der Waals surface area (Å²) < 4.78 is 33.6. The van der Waals surface area contributed by atoms with Crippen molar-refractivity contribution < 1.29 is 18.3 Å². The van der Waals surface area contributed by atoms with Crippen LogP contribution in [0.15, 0.2) is 0 Å². The third-order valence-electron chi connectivity index (χ3n) is 4.24. The topological polar surface area (TPSA) is 38.3 Å². The van der Waals surface area contributed by atoms with Gasteiger partial charge in [-0.05, 0) is 17.6 Å². The second kappa shape index (κ2) is 7.16. The van der Waals surface area contributed by atoms with E-state index in [0.717, 1.165) is 25.7 Å². The zero-order valence-corrected chi connectivity index (χ0v) is 13.6. The van der Waals surface area contributed by atoms with Gasteiger partial charge in [0.05, 0.1) is 11.8 Å². The number of carbonyl (C=O) groups is 1. The highest BCUT2D eigenvalue weighted by Gasteiger charge is 2.51. The number of halogens is 2. The monoisotopic (exact) mass is 321 g/mol. The lowest BCUT2D eigenvalue weighted by Crippen LogP contribution is -2.46. The van der Waals surface area contributed by atoms with Crippen LogP contribution < -0.4 is 5.32 Å². The van der Waals surface area contributed by atoms with Gasteiger partial charge in [-0.1, -0.05) is 46.0 Å². The van der Waals surface area contributed by atoms with Crippen molar-refractivity contribution in [3.05, 3.63) is 0 Å². The molecule has 2 atom stereocenters. The van der Waals surface area contributed by atoms with E-state index in [-0.39, 0.29) is 11.0 Å². The van der Waals surface area contributed by atoms with E-state index in [2.05, 4.69) is 5.32 Å². The van der Waals surface area contributed by atoms with E-state index in [9.17, 15) is 13.6 Å². The molecular formula is C15H25F2NO2S. The summed E-state index contributed by atoms with van der Waals surface area (Å²) in [6.07, 6.45) is 4.30. The maximum absolute atomic E-state index is 14.3. The number of alkyl carbamates (subject to hydrolysis) is 1. The SMILES string of the molecule is CC(C)SCC(F)(F)[C@@H]1OC(=O)N[C@H]1CC1CCCCC1. The number of ether oxygens (including phenoxy) is 1. The Morgan fingerprint density at radius 2 is 2.00 bits per heavy atom. The summed E-state index contributed by atoms with van der Waals surface area (Å²) in [4.78, 5) is 11.4. The molecule has 0 spiro atoms. The van der Waals surface area contributed by atoms with Gasteiger partial charge in [-0.2, -0.15) is 11.8 Å². The average Bonchev–Trinajstić information content (AvgIpc) is 2.79. The van der Waals surface area contributed by atoms with Crippen LogP contribution in [0.2, 0.25) is 0 Å². The number of carbonyl (C=O) groups excluding carboxylic acids is 1. The Morgan fingerprint density at radius 1 is 1.33 bits per heavy atom. The number of alkyl halides is 2. The van der Waals surface area contributed by atoms with E-state index in [0.29, 0.717) is 12.3 Å². The molecule has 1 heterocycles. The molecule has 1 aliphatic heterocycles. The summed E-state index contributed by atoms with van der Waals surface area (Å²) in [5, 5.41) is 2.73. The minimum absolute atomic E-state index is 0.137. The molecule has 0 aromatic carbocycles. The fourth-order valence-electron chi connectivity index (χ4n) is 3.16. The lowest BCUT2D eigenvalue weighted by atomic mass is 9.83. The molecule has 2 rings (SSSR count). The van der Waals surface area contributed by atoms with Crippen LogP contribution in [0.1, 0.15) is 52.4 Å². The van der Waals surface area contributed by atoms with Crippen molar-refractivity contribution in [2.45, 2.75) is 75.7 Å². The van der Waals surface area contributed by atoms with Crippen LogP contribution in [0, 0.1) is 5.92 Å². The largest absolute Gasteiger partial charge is 0.438 e. The first-order chi connectivity index (χ1) is 9.88. The molecule has 0 radical (unpaired) electrons. The zero-order valence-electron chi connectivity index (χ0n) is 12.7. The minimum atomic E-state index is -2.98. The lowest BCUT2D eigenvalue weighted by Gasteiger charge is -2.29. The molecule has 2 aliphatic rings. The van der Waals surface area contributed by atoms with Crippen molar-refractivity contribution in [1.29, 1.82) is 0 Å². The normalized spacial score (nSPS) is 27.8. The highest BCUT2D eigenvalue weighted by molar-refractivity contribution is 7.99. The Morgan fingerprint density at radius 3 is 2.62 bits per heavy atom. The molecule has 1 amide bonds. The third-order valence-corrected chi connectivity index (χ3v) is 5.46. The number of thioether (sulfide) groups is 1. The Balaban J connectivity index is 1.96. The van der Waals surface area contributed by atoms with E-state index < -0.39 is 24.2 Å². The predicted molar refractivity (Wildman–Crippen MR) is 80.9 cm³/mol. The van der Waals surface area contributed by atoms with Gasteiger partial charge in [-0.3, -0.25) is 0 Å². The standard InChI is InChI=1S/C15H25F2NO2S/c1-10(2)21-9-15(16,17)13-12(18-14(19)20-13)8-11-6-4-3-5-7-11/h10-13H,3-9H2,1-2H3,(H,18,19)/t12-,13+/m0/s1. The van der Waals surface area contributed by atoms with Crippen molar-refractivity contribution in [2.75, 3.05) is 5.75 Å². The summed E-state index contributed by atoms with van der Waals surface area (Å²) >= 11 is 1.21. The molecule has 1 aliphatic carbocycles. The van der Waals surface area contributed by atoms with E-state index in [1.54, 1.807) is 0 Å². The van der Waals surface area contributed by atoms with Crippen molar-refractivity contribution in [1.82, 2.24) is 5.32 Å². The zero-order chi connectivity index (χ0) is 15.5. The van der Waals surface area contributed by atoms with Gasteiger partial charge in [0.25, 0.3) is 5.92 Å². The number of cyclic esters (lactones) is 1. The van der Waals surface area contributed by atoms with E-state index in [4.69, 9.17) is 4.74 Å². The first-order valence-electron chi connectivity index (χ1n) is 7.85. The highest BCUT2D eigenvalue weighted by atomic mass is 32.2. The van der Waals surface area contributed by atoms with Gasteiger partial charge in [0.1, 0.15) is 0 Å². The highest BCUT2D eigenvalue weighted by Crippen LogP contribution is 2.36. The number of hydrogen-bond acceptors (Lipinski definition) is 3. The summed E-state index contributed by atoms with van der Waals surface area (Å²) in [6.45, 7) is 3.78. The van der Waals surface area contributed by atoms with Gasteiger partial charge in [0.15, 0.2) is 6.10 Å². The van der Waals surface area contributed by atoms with E-state index in [1.165, 1.54) is 18.2 Å². The summed E-state index contributed by atoms with van der Waals surface area (Å²) in [5.74, 6) is -2.85. The van der Waals surface area contributed by atoms with Crippen LogP contribution >= 0.6 is 11.8 Å². The van der Waals surface area contributed by atoms with Gasteiger partial charge in [0, 0.05) is 0 Å². The van der Waals surface area contributed by atoms with Crippen molar-refractivity contribution in [2.24, 2.45) is 5.92 Å². The smallest absolute Gasteiger partial charge is 0.408 e. The lowest BCUT2D eigenvalue weighted by molar-refractivity contribution is -0.0870. The fourth-order valence-corrected chi connectivity index (χ4v) is 3.88. The maximum Gasteiger partial charge on any atom is 0.408 e. The van der Waals surface area contributed by atoms with Gasteiger partial charge in [0.2, 0.25) is 0 Å². The van der Waals surface area contributed by atoms with Crippen LogP contribution in [0.4, 0.5) is 13.6 Å². The molecule has 0 aromatic rings. The molecule has 0 unspecified atom stereocenters. The Labute approximate surface area is 129 Å². The summed E-state index contributed by atoms with van der Waals surface area (Å²) in [7, 11) is 0. The predicted octanol–water partition coefficient (Wildman–Crippen LogP) is 4.21. The first-order valence-corrected chi connectivity index (χ1v) is 8.90. The molecule has 0 aromatic heterocycles. The minimum Gasteiger partial charge on any atom is -0.438 e. The van der Waals surface area contributed by atoms with Gasteiger partial charge >= 0.3 is 6.09 Å².